The number of nitrogens with zero attached hydrogens (tertiary/aromatic N) is 2. The van der Waals surface area contributed by atoms with Crippen molar-refractivity contribution in [1.82, 2.24) is 20.2 Å². The molecule has 2 heterocycles. The van der Waals surface area contributed by atoms with Gasteiger partial charge in [-0.05, 0) is 30.3 Å². The van der Waals surface area contributed by atoms with Gasteiger partial charge in [-0.25, -0.2) is 4.98 Å². The molecule has 0 spiro atoms. The predicted octanol–water partition coefficient (Wildman–Crippen LogP) is 4.29. The number of amides is 1. The van der Waals surface area contributed by atoms with E-state index < -0.39 is 0 Å². The third kappa shape index (κ3) is 2.91. The van der Waals surface area contributed by atoms with Crippen LogP contribution >= 0.6 is 0 Å². The number of hydrogen-bond donors (Lipinski definition) is 3. The molecule has 0 bridgehead atoms. The van der Waals surface area contributed by atoms with Crippen molar-refractivity contribution in [2.75, 3.05) is 5.32 Å². The number of carbonyl (C=O) groups excluding carboxylic acids is 1. The van der Waals surface area contributed by atoms with E-state index in [9.17, 15) is 4.79 Å². The minimum Gasteiger partial charge on any atom is -0.338 e. The van der Waals surface area contributed by atoms with E-state index in [0.29, 0.717) is 0 Å². The average Bonchev–Trinajstić information content (AvgIpc) is 3.33. The van der Waals surface area contributed by atoms with E-state index in [-0.39, 0.29) is 12.3 Å². The maximum atomic E-state index is 12.7. The number of aromatic nitrogens is 4. The minimum absolute atomic E-state index is 0.113. The highest BCUT2D eigenvalue weighted by Crippen LogP contribution is 2.27. The Balaban J connectivity index is 1.43. The summed E-state index contributed by atoms with van der Waals surface area (Å²) in [5, 5.41) is 11.2. The Labute approximate surface area is 160 Å². The molecule has 0 atom stereocenters. The van der Waals surface area contributed by atoms with E-state index in [2.05, 4.69) is 25.5 Å². The first-order valence-corrected chi connectivity index (χ1v) is 9.04. The van der Waals surface area contributed by atoms with E-state index in [1.807, 2.05) is 72.8 Å². The molecule has 0 unspecified atom stereocenters. The lowest BCUT2D eigenvalue weighted by molar-refractivity contribution is -0.115. The van der Waals surface area contributed by atoms with E-state index in [1.54, 1.807) is 0 Å². The summed E-state index contributed by atoms with van der Waals surface area (Å²) in [5.74, 6) is 0.613. The standard InChI is InChI=1S/C22H17N5O/c28-21(13-20-14-7-1-4-10-17(14)26-27-20)23-16-9-3-2-8-15(16)22-24-18-11-5-6-12-19(18)25-22/h1-12H,13H2,(H,23,28)(H,24,25)(H,26,27). The molecule has 2 aromatic heterocycles. The summed E-state index contributed by atoms with van der Waals surface area (Å²) in [6.45, 7) is 0. The van der Waals surface area contributed by atoms with Crippen LogP contribution < -0.4 is 5.32 Å². The third-order valence-electron chi connectivity index (χ3n) is 4.72. The van der Waals surface area contributed by atoms with Crippen molar-refractivity contribution in [2.45, 2.75) is 6.42 Å². The van der Waals surface area contributed by atoms with Gasteiger partial charge >= 0.3 is 0 Å². The van der Waals surface area contributed by atoms with Crippen molar-refractivity contribution in [3.63, 3.8) is 0 Å². The fraction of sp³-hybridized carbons (Fsp3) is 0.0455. The highest BCUT2D eigenvalue weighted by molar-refractivity contribution is 5.98. The summed E-state index contributed by atoms with van der Waals surface area (Å²) < 4.78 is 0. The quantitative estimate of drug-likeness (QED) is 0.443. The lowest BCUT2D eigenvalue weighted by atomic mass is 10.1. The molecular weight excluding hydrogens is 350 g/mol. The van der Waals surface area contributed by atoms with Gasteiger partial charge in [-0.1, -0.05) is 42.5 Å². The van der Waals surface area contributed by atoms with Gasteiger partial charge in [0.1, 0.15) is 5.82 Å². The van der Waals surface area contributed by atoms with Crippen molar-refractivity contribution in [3.05, 3.63) is 78.5 Å². The van der Waals surface area contributed by atoms with E-state index in [0.717, 1.165) is 44.7 Å². The summed E-state index contributed by atoms with van der Waals surface area (Å²) in [6.07, 6.45) is 0.217. The Kier molecular flexibility index (Phi) is 3.87. The highest BCUT2D eigenvalue weighted by Gasteiger charge is 2.14. The summed E-state index contributed by atoms with van der Waals surface area (Å²) in [4.78, 5) is 20.7. The highest BCUT2D eigenvalue weighted by atomic mass is 16.1. The lowest BCUT2D eigenvalue weighted by Gasteiger charge is -2.09. The second kappa shape index (κ2) is 6.66. The molecule has 0 radical (unpaired) electrons. The fourth-order valence-corrected chi connectivity index (χ4v) is 3.38. The third-order valence-corrected chi connectivity index (χ3v) is 4.72. The van der Waals surface area contributed by atoms with Crippen LogP contribution in [0.5, 0.6) is 0 Å². The number of carbonyl (C=O) groups is 1. The summed E-state index contributed by atoms with van der Waals surface area (Å²) in [7, 11) is 0. The lowest BCUT2D eigenvalue weighted by Crippen LogP contribution is -2.15. The smallest absolute Gasteiger partial charge is 0.230 e. The van der Waals surface area contributed by atoms with Gasteiger partial charge in [-0.15, -0.1) is 0 Å². The Morgan fingerprint density at radius 3 is 2.54 bits per heavy atom. The maximum Gasteiger partial charge on any atom is 0.230 e. The first-order valence-electron chi connectivity index (χ1n) is 9.04. The number of imidazole rings is 1. The van der Waals surface area contributed by atoms with Gasteiger partial charge in [0, 0.05) is 10.9 Å². The van der Waals surface area contributed by atoms with Gasteiger partial charge < -0.3 is 10.3 Å². The molecule has 5 rings (SSSR count). The zero-order chi connectivity index (χ0) is 18.9. The second-order valence-electron chi connectivity index (χ2n) is 6.59. The first-order chi connectivity index (χ1) is 13.8. The predicted molar refractivity (Wildman–Crippen MR) is 110 cm³/mol. The number of anilines is 1. The van der Waals surface area contributed by atoms with Crippen LogP contribution in [0.25, 0.3) is 33.3 Å². The normalized spacial score (nSPS) is 11.1. The van der Waals surface area contributed by atoms with Gasteiger partial charge in [0.2, 0.25) is 5.91 Å². The molecule has 0 saturated heterocycles. The van der Waals surface area contributed by atoms with Crippen molar-refractivity contribution >= 4 is 33.5 Å². The number of aromatic amines is 2. The van der Waals surface area contributed by atoms with Crippen LogP contribution in [0.2, 0.25) is 0 Å². The number of rotatable bonds is 4. The van der Waals surface area contributed by atoms with Gasteiger partial charge in [-0.2, -0.15) is 5.10 Å². The second-order valence-corrected chi connectivity index (χ2v) is 6.59. The van der Waals surface area contributed by atoms with E-state index in [1.165, 1.54) is 0 Å². The number of H-pyrrole nitrogens is 2. The van der Waals surface area contributed by atoms with Crippen LogP contribution in [0.1, 0.15) is 5.69 Å². The van der Waals surface area contributed by atoms with Crippen molar-refractivity contribution in [3.8, 4) is 11.4 Å². The molecule has 5 aromatic rings. The largest absolute Gasteiger partial charge is 0.338 e. The van der Waals surface area contributed by atoms with Crippen LogP contribution in [0, 0.1) is 0 Å². The Morgan fingerprint density at radius 1 is 0.893 bits per heavy atom. The van der Waals surface area contributed by atoms with Crippen molar-refractivity contribution in [1.29, 1.82) is 0 Å². The van der Waals surface area contributed by atoms with Crippen LogP contribution in [-0.2, 0) is 11.2 Å². The molecule has 3 N–H and O–H groups in total. The van der Waals surface area contributed by atoms with Gasteiger partial charge in [0.25, 0.3) is 0 Å². The van der Waals surface area contributed by atoms with Crippen LogP contribution in [-0.4, -0.2) is 26.1 Å². The first kappa shape index (κ1) is 16.3. The minimum atomic E-state index is -0.113. The van der Waals surface area contributed by atoms with Gasteiger partial charge in [0.15, 0.2) is 0 Å². The van der Waals surface area contributed by atoms with Crippen molar-refractivity contribution < 1.29 is 4.79 Å². The molecule has 28 heavy (non-hydrogen) atoms. The molecule has 0 aliphatic carbocycles. The van der Waals surface area contributed by atoms with Crippen LogP contribution in [0.4, 0.5) is 5.69 Å². The molecule has 0 saturated carbocycles. The summed E-state index contributed by atoms with van der Waals surface area (Å²) in [5.41, 5.74) is 5.07. The Morgan fingerprint density at radius 2 is 1.64 bits per heavy atom. The molecule has 6 heteroatoms. The van der Waals surface area contributed by atoms with Crippen LogP contribution in [0.3, 0.4) is 0 Å². The molecule has 6 nitrogen and oxygen atoms in total. The Hall–Kier alpha value is -3.93. The topological polar surface area (TPSA) is 86.5 Å². The molecule has 136 valence electrons. The van der Waals surface area contributed by atoms with E-state index in [4.69, 9.17) is 0 Å². The number of nitrogens with one attached hydrogen (secondary N) is 3. The number of fused-ring (bicyclic) bond motifs is 2. The summed E-state index contributed by atoms with van der Waals surface area (Å²) in [6, 6.07) is 23.3. The SMILES string of the molecule is O=C(Cc1[nH]nc2ccccc12)Nc1ccccc1-c1nc2ccccc2[nH]1. The van der Waals surface area contributed by atoms with Crippen LogP contribution in [0.15, 0.2) is 72.8 Å². The Bertz CT molecular complexity index is 1270. The molecule has 3 aromatic carbocycles. The molecule has 0 aliphatic rings. The number of benzene rings is 3. The van der Waals surface area contributed by atoms with Crippen molar-refractivity contribution in [2.24, 2.45) is 0 Å². The fourth-order valence-electron chi connectivity index (χ4n) is 3.38. The maximum absolute atomic E-state index is 12.7. The molecular formula is C22H17N5O. The zero-order valence-electron chi connectivity index (χ0n) is 14.9. The summed E-state index contributed by atoms with van der Waals surface area (Å²) >= 11 is 0. The average molecular weight is 367 g/mol. The number of para-hydroxylation sites is 4. The number of hydrogen-bond acceptors (Lipinski definition) is 3. The van der Waals surface area contributed by atoms with E-state index >= 15 is 0 Å². The van der Waals surface area contributed by atoms with Gasteiger partial charge in [0.05, 0.1) is 34.4 Å². The molecule has 1 amide bonds. The zero-order valence-corrected chi connectivity index (χ0v) is 14.9. The van der Waals surface area contributed by atoms with Gasteiger partial charge in [-0.3, -0.25) is 9.89 Å². The molecule has 0 aliphatic heterocycles. The molecule has 0 fully saturated rings. The monoisotopic (exact) mass is 367 g/mol.